The van der Waals surface area contributed by atoms with Crippen LogP contribution in [0.2, 0.25) is 0 Å². The van der Waals surface area contributed by atoms with Crippen molar-refractivity contribution in [3.63, 3.8) is 0 Å². The van der Waals surface area contributed by atoms with Crippen molar-refractivity contribution in [1.29, 1.82) is 0 Å². The summed E-state index contributed by atoms with van der Waals surface area (Å²) in [5.74, 6) is 1.10. The molecule has 0 spiro atoms. The van der Waals surface area contributed by atoms with E-state index in [4.69, 9.17) is 0 Å². The van der Waals surface area contributed by atoms with Crippen molar-refractivity contribution in [3.05, 3.63) is 29.3 Å². The lowest BCUT2D eigenvalue weighted by atomic mass is 9.86. The van der Waals surface area contributed by atoms with Crippen LogP contribution < -0.4 is 4.90 Å². The van der Waals surface area contributed by atoms with Crippen LogP contribution in [0.25, 0.3) is 0 Å². The smallest absolute Gasteiger partial charge is 0.227 e. The second-order valence-electron chi connectivity index (χ2n) is 8.72. The van der Waals surface area contributed by atoms with Crippen molar-refractivity contribution in [3.8, 4) is 0 Å². The first-order chi connectivity index (χ1) is 11.8. The molecular weight excluding hydrogens is 374 g/mol. The molecule has 1 heterocycles. The fourth-order valence-electron chi connectivity index (χ4n) is 4.58. The highest BCUT2D eigenvalue weighted by atomic mass is 79.9. The number of fused-ring (bicyclic) bond motifs is 1. The van der Waals surface area contributed by atoms with Gasteiger partial charge in [-0.25, -0.2) is 0 Å². The summed E-state index contributed by atoms with van der Waals surface area (Å²) in [4.78, 5) is 15.0. The quantitative estimate of drug-likeness (QED) is 0.546. The van der Waals surface area contributed by atoms with Crippen LogP contribution in [-0.4, -0.2) is 16.3 Å². The van der Waals surface area contributed by atoms with E-state index in [1.807, 2.05) is 0 Å². The molecule has 0 radical (unpaired) electrons. The molecule has 0 N–H and O–H groups in total. The molecule has 25 heavy (non-hydrogen) atoms. The van der Waals surface area contributed by atoms with Gasteiger partial charge in [-0.05, 0) is 63.1 Å². The Hall–Kier alpha value is -0.830. The summed E-state index contributed by atoms with van der Waals surface area (Å²) in [7, 11) is 0. The highest BCUT2D eigenvalue weighted by molar-refractivity contribution is 9.10. The number of hydrogen-bond acceptors (Lipinski definition) is 1. The first-order valence-electron chi connectivity index (χ1n) is 9.96. The molecule has 0 saturated heterocycles. The van der Waals surface area contributed by atoms with Gasteiger partial charge in [-0.1, -0.05) is 60.2 Å². The number of nitrogens with zero attached hydrogens (tertiary/aromatic N) is 1. The third kappa shape index (κ3) is 4.87. The molecule has 1 aromatic carbocycles. The molecule has 1 unspecified atom stereocenters. The monoisotopic (exact) mass is 405 g/mol. The minimum absolute atomic E-state index is 0.112. The summed E-state index contributed by atoms with van der Waals surface area (Å²) in [6, 6.07) is 6.97. The summed E-state index contributed by atoms with van der Waals surface area (Å²) in [5.41, 5.74) is 3.84. The second-order valence-corrected chi connectivity index (χ2v) is 10.9. The van der Waals surface area contributed by atoms with E-state index in [1.165, 1.54) is 43.2 Å². The largest absolute Gasteiger partial charge is 0.309 e. The number of rotatable bonds is 5. The van der Waals surface area contributed by atoms with E-state index in [9.17, 15) is 4.79 Å². The fourth-order valence-corrected chi connectivity index (χ4v) is 4.91. The van der Waals surface area contributed by atoms with Crippen LogP contribution in [0.15, 0.2) is 18.2 Å². The van der Waals surface area contributed by atoms with E-state index < -0.39 is 0 Å². The molecule has 1 aliphatic carbocycles. The van der Waals surface area contributed by atoms with Gasteiger partial charge in [0.1, 0.15) is 0 Å². The number of halogens is 1. The predicted octanol–water partition coefficient (Wildman–Crippen LogP) is 6.04. The van der Waals surface area contributed by atoms with Crippen molar-refractivity contribution in [2.45, 2.75) is 88.9 Å². The van der Waals surface area contributed by atoms with Gasteiger partial charge >= 0.3 is 0 Å². The van der Waals surface area contributed by atoms with Crippen molar-refractivity contribution < 1.29 is 4.79 Å². The zero-order chi connectivity index (χ0) is 18.0. The van der Waals surface area contributed by atoms with E-state index >= 15 is 0 Å². The van der Waals surface area contributed by atoms with Gasteiger partial charge in [0, 0.05) is 22.5 Å². The van der Waals surface area contributed by atoms with Crippen LogP contribution in [0, 0.1) is 5.92 Å². The van der Waals surface area contributed by atoms with Gasteiger partial charge in [0.2, 0.25) is 5.91 Å². The number of carbonyl (C=O) groups excluding carboxylic acids is 1. The summed E-state index contributed by atoms with van der Waals surface area (Å²) < 4.78 is 0.112. The van der Waals surface area contributed by atoms with Crippen LogP contribution in [0.5, 0.6) is 0 Å². The molecule has 1 saturated carbocycles. The summed E-state index contributed by atoms with van der Waals surface area (Å²) >= 11 is 3.74. The highest BCUT2D eigenvalue weighted by Crippen LogP contribution is 2.35. The van der Waals surface area contributed by atoms with E-state index in [-0.39, 0.29) is 4.32 Å². The Kier molecular flexibility index (Phi) is 5.92. The average Bonchev–Trinajstić information content (AvgIpc) is 2.87. The minimum Gasteiger partial charge on any atom is -0.309 e. The zero-order valence-corrected chi connectivity index (χ0v) is 17.6. The Bertz CT molecular complexity index is 613. The van der Waals surface area contributed by atoms with E-state index in [0.29, 0.717) is 18.4 Å². The Morgan fingerprint density at radius 1 is 1.24 bits per heavy atom. The molecule has 2 aliphatic rings. The van der Waals surface area contributed by atoms with E-state index in [2.05, 4.69) is 59.8 Å². The molecule has 1 aliphatic heterocycles. The van der Waals surface area contributed by atoms with Crippen LogP contribution >= 0.6 is 15.9 Å². The molecular formula is C22H32BrNO. The Balaban J connectivity index is 1.66. The maximum atomic E-state index is 12.9. The van der Waals surface area contributed by atoms with Gasteiger partial charge in [0.05, 0.1) is 0 Å². The first kappa shape index (κ1) is 18.9. The average molecular weight is 406 g/mol. The number of benzene rings is 1. The van der Waals surface area contributed by atoms with Crippen LogP contribution in [0.1, 0.15) is 76.8 Å². The maximum Gasteiger partial charge on any atom is 0.227 e. The molecule has 2 nitrogen and oxygen atoms in total. The second kappa shape index (κ2) is 7.82. The number of amides is 1. The first-order valence-corrected chi connectivity index (χ1v) is 10.8. The van der Waals surface area contributed by atoms with Crippen molar-refractivity contribution in [2.24, 2.45) is 5.92 Å². The Morgan fingerprint density at radius 2 is 1.96 bits per heavy atom. The molecule has 1 atom stereocenters. The summed E-state index contributed by atoms with van der Waals surface area (Å²) in [6.07, 6.45) is 10.5. The predicted molar refractivity (Wildman–Crippen MR) is 110 cm³/mol. The minimum atomic E-state index is 0.112. The third-order valence-electron chi connectivity index (χ3n) is 5.74. The molecule has 138 valence electrons. The van der Waals surface area contributed by atoms with Gasteiger partial charge in [-0.2, -0.15) is 0 Å². The molecule has 1 fully saturated rings. The normalized spacial score (nSPS) is 21.4. The number of anilines is 1. The SMILES string of the molecule is CC1Cc2cc(CC(C)(C)Br)ccc2N1C(=O)CCC1CCCCC1. The molecule has 0 aromatic heterocycles. The van der Waals surface area contributed by atoms with E-state index in [0.717, 1.165) is 30.9 Å². The summed E-state index contributed by atoms with van der Waals surface area (Å²) in [5, 5.41) is 0. The fraction of sp³-hybridized carbons (Fsp3) is 0.682. The Labute approximate surface area is 161 Å². The number of alkyl halides is 1. The van der Waals surface area contributed by atoms with E-state index in [1.54, 1.807) is 0 Å². The van der Waals surface area contributed by atoms with Gasteiger partial charge in [0.15, 0.2) is 0 Å². The third-order valence-corrected chi connectivity index (χ3v) is 6.02. The Morgan fingerprint density at radius 3 is 2.64 bits per heavy atom. The van der Waals surface area contributed by atoms with Gasteiger partial charge in [-0.3, -0.25) is 4.79 Å². The van der Waals surface area contributed by atoms with Crippen LogP contribution in [-0.2, 0) is 17.6 Å². The molecule has 0 bridgehead atoms. The lowest BCUT2D eigenvalue weighted by Gasteiger charge is -2.25. The molecule has 3 rings (SSSR count). The standard InChI is InChI=1S/C22H32BrNO/c1-16-13-19-14-18(15-22(2,3)23)9-11-20(19)24(16)21(25)12-10-17-7-5-4-6-8-17/h9,11,14,16-17H,4-8,10,12-13,15H2,1-3H3. The van der Waals surface area contributed by atoms with Crippen molar-refractivity contribution >= 4 is 27.5 Å². The highest BCUT2D eigenvalue weighted by Gasteiger charge is 2.31. The maximum absolute atomic E-state index is 12.9. The molecule has 1 amide bonds. The van der Waals surface area contributed by atoms with Gasteiger partial charge in [-0.15, -0.1) is 0 Å². The summed E-state index contributed by atoms with van der Waals surface area (Å²) in [6.45, 7) is 6.58. The lowest BCUT2D eigenvalue weighted by Crippen LogP contribution is -2.35. The van der Waals surface area contributed by atoms with Crippen LogP contribution in [0.4, 0.5) is 5.69 Å². The van der Waals surface area contributed by atoms with Crippen LogP contribution in [0.3, 0.4) is 0 Å². The van der Waals surface area contributed by atoms with Crippen molar-refractivity contribution in [2.75, 3.05) is 4.90 Å². The topological polar surface area (TPSA) is 20.3 Å². The van der Waals surface area contributed by atoms with Crippen molar-refractivity contribution in [1.82, 2.24) is 0 Å². The molecule has 1 aromatic rings. The lowest BCUT2D eigenvalue weighted by molar-refractivity contribution is -0.119. The molecule has 3 heteroatoms. The number of carbonyl (C=O) groups is 1. The zero-order valence-electron chi connectivity index (χ0n) is 16.0. The number of hydrogen-bond donors (Lipinski definition) is 0. The van der Waals surface area contributed by atoms with Gasteiger partial charge in [0.25, 0.3) is 0 Å². The van der Waals surface area contributed by atoms with Gasteiger partial charge < -0.3 is 4.90 Å².